The van der Waals surface area contributed by atoms with E-state index in [0.717, 1.165) is 37.3 Å². The Labute approximate surface area is 148 Å². The van der Waals surface area contributed by atoms with Crippen LogP contribution in [-0.4, -0.2) is 70.1 Å². The molecule has 0 saturated heterocycles. The van der Waals surface area contributed by atoms with E-state index in [2.05, 4.69) is 29.2 Å². The van der Waals surface area contributed by atoms with Crippen LogP contribution in [0.5, 0.6) is 0 Å². The van der Waals surface area contributed by atoms with Crippen molar-refractivity contribution in [2.75, 3.05) is 46.5 Å². The van der Waals surface area contributed by atoms with Gasteiger partial charge in [-0.15, -0.1) is 0 Å². The van der Waals surface area contributed by atoms with Gasteiger partial charge in [0.25, 0.3) is 0 Å². The minimum Gasteiger partial charge on any atom is -0.356 e. The van der Waals surface area contributed by atoms with Gasteiger partial charge >= 0.3 is 0 Å². The van der Waals surface area contributed by atoms with Gasteiger partial charge in [-0.1, -0.05) is 19.8 Å². The van der Waals surface area contributed by atoms with Crippen molar-refractivity contribution in [2.45, 2.75) is 46.0 Å². The van der Waals surface area contributed by atoms with Gasteiger partial charge in [-0.2, -0.15) is 0 Å². The molecule has 24 heavy (non-hydrogen) atoms. The van der Waals surface area contributed by atoms with Crippen LogP contribution >= 0.6 is 0 Å². The van der Waals surface area contributed by atoms with Gasteiger partial charge in [-0.25, -0.2) is 12.7 Å². The lowest BCUT2D eigenvalue weighted by atomic mass is 9.83. The third-order valence-electron chi connectivity index (χ3n) is 5.01. The third kappa shape index (κ3) is 6.97. The highest BCUT2D eigenvalue weighted by atomic mass is 32.2. The summed E-state index contributed by atoms with van der Waals surface area (Å²) in [4.78, 5) is 6.55. The molecule has 1 rings (SSSR count). The summed E-state index contributed by atoms with van der Waals surface area (Å²) in [7, 11) is 2.45. The number of hydrogen-bond acceptors (Lipinski definition) is 3. The van der Waals surface area contributed by atoms with Gasteiger partial charge in [-0.05, 0) is 38.0 Å². The molecule has 0 amide bonds. The number of aliphatic imine (C=N–C) groups is 1. The van der Waals surface area contributed by atoms with E-state index in [0.29, 0.717) is 6.54 Å². The molecule has 0 spiro atoms. The maximum atomic E-state index is 11.7. The van der Waals surface area contributed by atoms with Crippen molar-refractivity contribution in [3.63, 3.8) is 0 Å². The minimum atomic E-state index is -3.08. The maximum Gasteiger partial charge on any atom is 0.213 e. The summed E-state index contributed by atoms with van der Waals surface area (Å²) in [6.45, 7) is 6.31. The molecule has 0 aromatic heterocycles. The van der Waals surface area contributed by atoms with Crippen LogP contribution in [0.1, 0.15) is 46.0 Å². The second-order valence-electron chi connectivity index (χ2n) is 7.06. The van der Waals surface area contributed by atoms with Gasteiger partial charge in [-0.3, -0.25) is 4.99 Å². The molecule has 0 heterocycles. The predicted octanol–water partition coefficient (Wildman–Crippen LogP) is 1.99. The zero-order valence-corrected chi connectivity index (χ0v) is 16.9. The van der Waals surface area contributed by atoms with Crippen molar-refractivity contribution in [3.05, 3.63) is 0 Å². The Bertz CT molecular complexity index is 485. The van der Waals surface area contributed by atoms with Crippen LogP contribution < -0.4 is 5.32 Å². The van der Waals surface area contributed by atoms with E-state index < -0.39 is 10.0 Å². The zero-order valence-electron chi connectivity index (χ0n) is 16.1. The molecule has 0 radical (unpaired) electrons. The standard InChI is InChI=1S/C17H36N4O2S/c1-6-24(22,23)21(5)13-7-12-19-17(18-3)20(4)14-16-10-8-15(2)9-11-16/h15-16H,6-14H2,1-5H3,(H,18,19). The highest BCUT2D eigenvalue weighted by Gasteiger charge is 2.20. The van der Waals surface area contributed by atoms with Crippen LogP contribution in [-0.2, 0) is 10.0 Å². The van der Waals surface area contributed by atoms with E-state index in [-0.39, 0.29) is 5.75 Å². The van der Waals surface area contributed by atoms with Crippen LogP contribution in [0.25, 0.3) is 0 Å². The fourth-order valence-corrected chi connectivity index (χ4v) is 4.08. The first-order valence-corrected chi connectivity index (χ1v) is 10.8. The summed E-state index contributed by atoms with van der Waals surface area (Å²) in [5, 5.41) is 3.35. The van der Waals surface area contributed by atoms with E-state index in [1.165, 1.54) is 30.0 Å². The highest BCUT2D eigenvalue weighted by Crippen LogP contribution is 2.28. The number of sulfonamides is 1. The minimum absolute atomic E-state index is 0.154. The summed E-state index contributed by atoms with van der Waals surface area (Å²) in [6.07, 6.45) is 6.05. The molecule has 0 bridgehead atoms. The normalized spacial score (nSPS) is 22.7. The van der Waals surface area contributed by atoms with Crippen LogP contribution in [0.15, 0.2) is 4.99 Å². The quantitative estimate of drug-likeness (QED) is 0.408. The number of rotatable bonds is 8. The van der Waals surface area contributed by atoms with Crippen molar-refractivity contribution in [1.82, 2.24) is 14.5 Å². The van der Waals surface area contributed by atoms with E-state index in [1.54, 1.807) is 21.0 Å². The molecule has 0 aliphatic heterocycles. The van der Waals surface area contributed by atoms with Gasteiger partial charge in [0, 0.05) is 40.8 Å². The van der Waals surface area contributed by atoms with Crippen LogP contribution in [0.3, 0.4) is 0 Å². The Morgan fingerprint density at radius 1 is 1.21 bits per heavy atom. The molecular formula is C17H36N4O2S. The number of nitrogens with one attached hydrogen (secondary N) is 1. The average molecular weight is 361 g/mol. The van der Waals surface area contributed by atoms with Crippen LogP contribution in [0.4, 0.5) is 0 Å². The smallest absolute Gasteiger partial charge is 0.213 e. The molecule has 1 aliphatic rings. The van der Waals surface area contributed by atoms with Crippen molar-refractivity contribution in [1.29, 1.82) is 0 Å². The molecule has 6 nitrogen and oxygen atoms in total. The average Bonchev–Trinajstić information content (AvgIpc) is 2.56. The van der Waals surface area contributed by atoms with Gasteiger partial charge < -0.3 is 10.2 Å². The number of nitrogens with zero attached hydrogens (tertiary/aromatic N) is 3. The van der Waals surface area contributed by atoms with E-state index in [1.807, 2.05) is 0 Å². The van der Waals surface area contributed by atoms with Crippen molar-refractivity contribution in [2.24, 2.45) is 16.8 Å². The first-order valence-electron chi connectivity index (χ1n) is 9.16. The highest BCUT2D eigenvalue weighted by molar-refractivity contribution is 7.89. The summed E-state index contributed by atoms with van der Waals surface area (Å²) in [6, 6.07) is 0. The summed E-state index contributed by atoms with van der Waals surface area (Å²) in [5.41, 5.74) is 0. The van der Waals surface area contributed by atoms with Crippen molar-refractivity contribution < 1.29 is 8.42 Å². The summed E-state index contributed by atoms with van der Waals surface area (Å²) < 4.78 is 24.9. The Hall–Kier alpha value is -0.820. The van der Waals surface area contributed by atoms with Crippen molar-refractivity contribution in [3.8, 4) is 0 Å². The fourth-order valence-electron chi connectivity index (χ4n) is 3.23. The zero-order chi connectivity index (χ0) is 18.2. The first-order chi connectivity index (χ1) is 11.3. The van der Waals surface area contributed by atoms with Gasteiger partial charge in [0.05, 0.1) is 5.75 Å². The summed E-state index contributed by atoms with van der Waals surface area (Å²) >= 11 is 0. The molecule has 142 valence electrons. The lowest BCUT2D eigenvalue weighted by molar-refractivity contribution is 0.250. The van der Waals surface area contributed by atoms with E-state index in [4.69, 9.17) is 0 Å². The molecule has 1 fully saturated rings. The second kappa shape index (κ2) is 10.2. The molecular weight excluding hydrogens is 324 g/mol. The Morgan fingerprint density at radius 3 is 2.38 bits per heavy atom. The molecule has 1 N–H and O–H groups in total. The Morgan fingerprint density at radius 2 is 1.83 bits per heavy atom. The fraction of sp³-hybridized carbons (Fsp3) is 0.941. The molecule has 0 unspecified atom stereocenters. The van der Waals surface area contributed by atoms with E-state index >= 15 is 0 Å². The second-order valence-corrected chi connectivity index (χ2v) is 9.42. The lowest BCUT2D eigenvalue weighted by Gasteiger charge is -2.31. The molecule has 0 aromatic carbocycles. The number of guanidine groups is 1. The molecule has 0 aromatic rings. The van der Waals surface area contributed by atoms with Gasteiger partial charge in [0.2, 0.25) is 10.0 Å². The molecule has 0 atom stereocenters. The molecule has 1 aliphatic carbocycles. The van der Waals surface area contributed by atoms with Crippen LogP contribution in [0.2, 0.25) is 0 Å². The molecule has 1 saturated carbocycles. The van der Waals surface area contributed by atoms with Crippen molar-refractivity contribution >= 4 is 16.0 Å². The predicted molar refractivity (Wildman–Crippen MR) is 102 cm³/mol. The topological polar surface area (TPSA) is 65.0 Å². The monoisotopic (exact) mass is 360 g/mol. The SMILES string of the molecule is CCS(=O)(=O)N(C)CCCNC(=NC)N(C)CC1CCC(C)CC1. The maximum absolute atomic E-state index is 11.7. The Balaban J connectivity index is 2.31. The largest absolute Gasteiger partial charge is 0.356 e. The first kappa shape index (κ1) is 21.2. The van der Waals surface area contributed by atoms with Crippen LogP contribution in [0, 0.1) is 11.8 Å². The number of hydrogen-bond donors (Lipinski definition) is 1. The molecule has 7 heteroatoms. The third-order valence-corrected chi connectivity index (χ3v) is 6.88. The van der Waals surface area contributed by atoms with Gasteiger partial charge in [0.1, 0.15) is 0 Å². The van der Waals surface area contributed by atoms with Gasteiger partial charge in [0.15, 0.2) is 5.96 Å². The summed E-state index contributed by atoms with van der Waals surface area (Å²) in [5.74, 6) is 2.68. The lowest BCUT2D eigenvalue weighted by Crippen LogP contribution is -2.42. The Kier molecular flexibility index (Phi) is 9.05. The van der Waals surface area contributed by atoms with E-state index in [9.17, 15) is 8.42 Å².